The van der Waals surface area contributed by atoms with Gasteiger partial charge >= 0.3 is 18.9 Å². The van der Waals surface area contributed by atoms with E-state index < -0.39 is 13.8 Å². The zero-order chi connectivity index (χ0) is 15.3. The second-order valence-electron chi connectivity index (χ2n) is 5.62. The number of nitrogens with zero attached hydrogens (tertiary/aromatic N) is 1. The van der Waals surface area contributed by atoms with Gasteiger partial charge in [-0.15, -0.1) is 0 Å². The first-order chi connectivity index (χ1) is 10.1. The van der Waals surface area contributed by atoms with Gasteiger partial charge in [-0.05, 0) is 11.3 Å². The van der Waals surface area contributed by atoms with E-state index in [1.807, 2.05) is 48.5 Å². The Hall–Kier alpha value is -1.72. The molecule has 0 aliphatic heterocycles. The largest absolute Gasteiger partial charge is 1.00 e. The van der Waals surface area contributed by atoms with E-state index in [1.54, 1.807) is 12.1 Å². The van der Waals surface area contributed by atoms with Gasteiger partial charge in [0, 0.05) is 5.54 Å². The van der Waals surface area contributed by atoms with Crippen LogP contribution in [0.2, 0.25) is 13.1 Å². The van der Waals surface area contributed by atoms with E-state index in [9.17, 15) is 5.11 Å². The van der Waals surface area contributed by atoms with Crippen LogP contribution in [-0.2, 0) is 0 Å². The standard InChI is InChI=1S/C18H19NOSi.Li/c1-21(2,17-11-7-4-8-12-17)18(13-16(20)14-19)15-9-5-3-6-10-15;/h3-13,18,20H,1-2H3;/q;+1/p-1/b16-13-;. The molecule has 0 radical (unpaired) electrons. The van der Waals surface area contributed by atoms with E-state index in [4.69, 9.17) is 5.26 Å². The minimum absolute atomic E-state index is 0. The van der Waals surface area contributed by atoms with Crippen molar-refractivity contribution in [1.29, 1.82) is 5.26 Å². The average molecular weight is 299 g/mol. The maximum atomic E-state index is 11.7. The van der Waals surface area contributed by atoms with Gasteiger partial charge in [0.05, 0.1) is 14.1 Å². The molecule has 0 spiro atoms. The van der Waals surface area contributed by atoms with Crippen molar-refractivity contribution in [2.24, 2.45) is 0 Å². The molecule has 2 rings (SSSR count). The predicted molar refractivity (Wildman–Crippen MR) is 86.4 cm³/mol. The maximum absolute atomic E-state index is 11.7. The molecule has 106 valence electrons. The van der Waals surface area contributed by atoms with Gasteiger partial charge < -0.3 is 5.11 Å². The van der Waals surface area contributed by atoms with Crippen molar-refractivity contribution in [3.8, 4) is 6.07 Å². The molecule has 0 bridgehead atoms. The molecule has 1 unspecified atom stereocenters. The molecule has 0 saturated carbocycles. The van der Waals surface area contributed by atoms with E-state index in [0.717, 1.165) is 5.56 Å². The number of nitriles is 1. The molecule has 22 heavy (non-hydrogen) atoms. The molecule has 2 aromatic carbocycles. The molecule has 0 N–H and O–H groups in total. The third kappa shape index (κ3) is 4.15. The topological polar surface area (TPSA) is 46.8 Å². The second kappa shape index (κ2) is 8.06. The van der Waals surface area contributed by atoms with Gasteiger partial charge in [0.1, 0.15) is 0 Å². The van der Waals surface area contributed by atoms with Crippen molar-refractivity contribution in [3.05, 3.63) is 78.1 Å². The Labute approximate surface area is 145 Å². The van der Waals surface area contributed by atoms with Crippen molar-refractivity contribution in [2.75, 3.05) is 0 Å². The molecule has 2 aromatic rings. The van der Waals surface area contributed by atoms with Gasteiger partial charge in [0.2, 0.25) is 0 Å². The normalized spacial score (nSPS) is 12.9. The molecule has 1 atom stereocenters. The molecule has 0 aromatic heterocycles. The number of allylic oxidation sites excluding steroid dienone is 2. The molecule has 0 aliphatic carbocycles. The Morgan fingerprint density at radius 2 is 1.55 bits per heavy atom. The van der Waals surface area contributed by atoms with Crippen molar-refractivity contribution in [3.63, 3.8) is 0 Å². The molecule has 0 fully saturated rings. The van der Waals surface area contributed by atoms with Crippen LogP contribution >= 0.6 is 0 Å². The Morgan fingerprint density at radius 1 is 1.05 bits per heavy atom. The molecular weight excluding hydrogens is 281 g/mol. The summed E-state index contributed by atoms with van der Waals surface area (Å²) >= 11 is 0. The van der Waals surface area contributed by atoms with Crippen LogP contribution in [0.1, 0.15) is 11.1 Å². The van der Waals surface area contributed by atoms with Gasteiger partial charge in [-0.3, -0.25) is 0 Å². The van der Waals surface area contributed by atoms with Crippen molar-refractivity contribution >= 4 is 13.3 Å². The average Bonchev–Trinajstić information content (AvgIpc) is 2.53. The van der Waals surface area contributed by atoms with E-state index in [0.29, 0.717) is 0 Å². The fourth-order valence-electron chi connectivity index (χ4n) is 2.62. The van der Waals surface area contributed by atoms with Gasteiger partial charge in [-0.2, -0.15) is 5.26 Å². The minimum Gasteiger partial charge on any atom is -0.865 e. The van der Waals surface area contributed by atoms with Crippen LogP contribution in [0, 0.1) is 11.3 Å². The van der Waals surface area contributed by atoms with E-state index >= 15 is 0 Å². The van der Waals surface area contributed by atoms with Gasteiger partial charge in [0.15, 0.2) is 0 Å². The van der Waals surface area contributed by atoms with Crippen LogP contribution in [0.3, 0.4) is 0 Å². The summed E-state index contributed by atoms with van der Waals surface area (Å²) in [6, 6.07) is 22.0. The maximum Gasteiger partial charge on any atom is 1.00 e. The third-order valence-electron chi connectivity index (χ3n) is 3.88. The Morgan fingerprint density at radius 3 is 2.05 bits per heavy atom. The fraction of sp³-hybridized carbons (Fsp3) is 0.167. The number of hydrogen-bond acceptors (Lipinski definition) is 2. The Bertz CT molecular complexity index is 662. The fourth-order valence-corrected chi connectivity index (χ4v) is 5.62. The zero-order valence-electron chi connectivity index (χ0n) is 13.3. The van der Waals surface area contributed by atoms with Crippen molar-refractivity contribution in [2.45, 2.75) is 18.6 Å². The van der Waals surface area contributed by atoms with Gasteiger partial charge in [0.25, 0.3) is 0 Å². The van der Waals surface area contributed by atoms with Crippen LogP contribution in [0.25, 0.3) is 0 Å². The number of benzene rings is 2. The predicted octanol–water partition coefficient (Wildman–Crippen LogP) is -0.303. The first-order valence-electron chi connectivity index (χ1n) is 6.95. The van der Waals surface area contributed by atoms with Crippen molar-refractivity contribution in [1.82, 2.24) is 0 Å². The summed E-state index contributed by atoms with van der Waals surface area (Å²) < 4.78 is 0. The molecule has 0 saturated heterocycles. The van der Waals surface area contributed by atoms with E-state index in [-0.39, 0.29) is 24.4 Å². The Kier molecular flexibility index (Phi) is 6.72. The summed E-state index contributed by atoms with van der Waals surface area (Å²) in [5.74, 6) is -0.458. The van der Waals surface area contributed by atoms with E-state index in [2.05, 4.69) is 25.2 Å². The van der Waals surface area contributed by atoms with Crippen LogP contribution < -0.4 is 29.2 Å². The summed E-state index contributed by atoms with van der Waals surface area (Å²) in [4.78, 5) is 0. The van der Waals surface area contributed by atoms with E-state index in [1.165, 1.54) is 5.19 Å². The smallest absolute Gasteiger partial charge is 0.865 e. The van der Waals surface area contributed by atoms with Gasteiger partial charge in [-0.25, -0.2) is 0 Å². The molecule has 4 heteroatoms. The zero-order valence-corrected chi connectivity index (χ0v) is 14.3. The molecule has 0 heterocycles. The summed E-state index contributed by atoms with van der Waals surface area (Å²) in [7, 11) is -1.96. The number of hydrogen-bond donors (Lipinski definition) is 0. The molecule has 2 nitrogen and oxygen atoms in total. The SMILES string of the molecule is C[Si](C)(c1ccccc1)C(/C=C(\[O-])C#N)c1ccccc1.[Li+]. The third-order valence-corrected chi connectivity index (χ3v) is 7.76. The second-order valence-corrected chi connectivity index (χ2v) is 10.3. The number of rotatable bonds is 4. The van der Waals surface area contributed by atoms with Crippen molar-refractivity contribution < 1.29 is 24.0 Å². The van der Waals surface area contributed by atoms with Crippen LogP contribution in [0.5, 0.6) is 0 Å². The monoisotopic (exact) mass is 299 g/mol. The first-order valence-corrected chi connectivity index (χ1v) is 10.0. The first kappa shape index (κ1) is 18.3. The van der Waals surface area contributed by atoms with Gasteiger partial charge in [-0.1, -0.05) is 85.0 Å². The van der Waals surface area contributed by atoms with Crippen LogP contribution in [0.4, 0.5) is 0 Å². The Balaban J connectivity index is 0.00000242. The summed E-state index contributed by atoms with van der Waals surface area (Å²) in [6.07, 6.45) is 1.59. The summed E-state index contributed by atoms with van der Waals surface area (Å²) in [5.41, 5.74) is 1.09. The minimum atomic E-state index is -1.96. The summed E-state index contributed by atoms with van der Waals surface area (Å²) in [6.45, 7) is 4.47. The summed E-state index contributed by atoms with van der Waals surface area (Å²) in [5, 5.41) is 21.8. The van der Waals surface area contributed by atoms with Crippen LogP contribution in [-0.4, -0.2) is 8.07 Å². The molecule has 0 aliphatic rings. The molecular formula is C18H18LiNOSi. The molecule has 0 amide bonds. The quantitative estimate of drug-likeness (QED) is 0.442. The van der Waals surface area contributed by atoms with Crippen LogP contribution in [0.15, 0.2) is 72.5 Å².